The normalized spacial score (nSPS) is 12.0. The first-order valence-corrected chi connectivity index (χ1v) is 6.04. The van der Waals surface area contributed by atoms with Gasteiger partial charge in [0.15, 0.2) is 0 Å². The number of halogens is 1. The molecule has 1 unspecified atom stereocenters. The zero-order chi connectivity index (χ0) is 13.8. The number of aliphatic hydroxyl groups is 1. The summed E-state index contributed by atoms with van der Waals surface area (Å²) in [6.45, 7) is 0. The van der Waals surface area contributed by atoms with Gasteiger partial charge < -0.3 is 14.6 Å². The van der Waals surface area contributed by atoms with Gasteiger partial charge in [0.1, 0.15) is 17.6 Å². The molecular weight excluding hydrogens is 266 g/mol. The van der Waals surface area contributed by atoms with Crippen LogP contribution in [0.25, 0.3) is 0 Å². The topological polar surface area (TPSA) is 51.6 Å². The molecule has 19 heavy (non-hydrogen) atoms. The van der Waals surface area contributed by atoms with E-state index >= 15 is 0 Å². The molecule has 0 amide bonds. The molecular formula is C14H14ClNO3. The summed E-state index contributed by atoms with van der Waals surface area (Å²) in [6, 6.07) is 6.82. The van der Waals surface area contributed by atoms with E-state index < -0.39 is 6.10 Å². The number of ether oxygens (including phenoxy) is 2. The number of methoxy groups -OCH3 is 2. The van der Waals surface area contributed by atoms with Crippen molar-refractivity contribution >= 4 is 11.6 Å². The summed E-state index contributed by atoms with van der Waals surface area (Å²) in [5.74, 6) is 1.15. The maximum atomic E-state index is 10.4. The van der Waals surface area contributed by atoms with E-state index in [0.717, 1.165) is 0 Å². The van der Waals surface area contributed by atoms with Crippen LogP contribution in [0.15, 0.2) is 36.7 Å². The zero-order valence-corrected chi connectivity index (χ0v) is 11.4. The molecule has 1 atom stereocenters. The summed E-state index contributed by atoms with van der Waals surface area (Å²) in [7, 11) is 3.09. The lowest BCUT2D eigenvalue weighted by atomic mass is 10.0. The molecule has 0 fully saturated rings. The Kier molecular flexibility index (Phi) is 4.24. The quantitative estimate of drug-likeness (QED) is 0.935. The van der Waals surface area contributed by atoms with Crippen LogP contribution in [0.2, 0.25) is 5.02 Å². The van der Waals surface area contributed by atoms with E-state index in [1.807, 2.05) is 0 Å². The van der Waals surface area contributed by atoms with Crippen LogP contribution in [-0.4, -0.2) is 24.3 Å². The van der Waals surface area contributed by atoms with Gasteiger partial charge in [-0.05, 0) is 24.3 Å². The van der Waals surface area contributed by atoms with Crippen molar-refractivity contribution in [3.05, 3.63) is 52.8 Å². The summed E-state index contributed by atoms with van der Waals surface area (Å²) < 4.78 is 10.3. The first-order valence-electron chi connectivity index (χ1n) is 5.66. The van der Waals surface area contributed by atoms with Gasteiger partial charge in [0.05, 0.1) is 20.4 Å². The lowest BCUT2D eigenvalue weighted by Crippen LogP contribution is -2.03. The van der Waals surface area contributed by atoms with Crippen LogP contribution in [0.4, 0.5) is 0 Å². The van der Waals surface area contributed by atoms with E-state index in [0.29, 0.717) is 27.6 Å². The number of hydrogen-bond donors (Lipinski definition) is 1. The summed E-state index contributed by atoms with van der Waals surface area (Å²) in [5.41, 5.74) is 1.20. The van der Waals surface area contributed by atoms with Crippen molar-refractivity contribution in [2.24, 2.45) is 0 Å². The van der Waals surface area contributed by atoms with Crippen LogP contribution in [0.3, 0.4) is 0 Å². The van der Waals surface area contributed by atoms with E-state index in [4.69, 9.17) is 21.1 Å². The number of benzene rings is 1. The Morgan fingerprint density at radius 3 is 2.63 bits per heavy atom. The third-order valence-electron chi connectivity index (χ3n) is 2.77. The fourth-order valence-corrected chi connectivity index (χ4v) is 1.98. The molecule has 1 aromatic heterocycles. The predicted molar refractivity (Wildman–Crippen MR) is 72.9 cm³/mol. The van der Waals surface area contributed by atoms with Crippen molar-refractivity contribution in [2.45, 2.75) is 6.10 Å². The Bertz CT molecular complexity index is 574. The van der Waals surface area contributed by atoms with E-state index in [-0.39, 0.29) is 0 Å². The summed E-state index contributed by atoms with van der Waals surface area (Å²) in [6.07, 6.45) is 2.27. The van der Waals surface area contributed by atoms with Gasteiger partial charge in [-0.15, -0.1) is 0 Å². The third-order valence-corrected chi connectivity index (χ3v) is 3.01. The molecule has 100 valence electrons. The fourth-order valence-electron chi connectivity index (χ4n) is 1.80. The molecule has 0 aliphatic heterocycles. The highest BCUT2D eigenvalue weighted by molar-refractivity contribution is 6.30. The summed E-state index contributed by atoms with van der Waals surface area (Å²) >= 11 is 5.96. The van der Waals surface area contributed by atoms with Gasteiger partial charge in [0.25, 0.3) is 0 Å². The van der Waals surface area contributed by atoms with Crippen LogP contribution in [0, 0.1) is 0 Å². The summed E-state index contributed by atoms with van der Waals surface area (Å²) in [4.78, 5) is 4.02. The van der Waals surface area contributed by atoms with Crippen molar-refractivity contribution in [2.75, 3.05) is 14.2 Å². The van der Waals surface area contributed by atoms with Gasteiger partial charge in [-0.3, -0.25) is 4.98 Å². The highest BCUT2D eigenvalue weighted by Gasteiger charge is 2.17. The molecule has 2 aromatic rings. The second-order valence-corrected chi connectivity index (χ2v) is 4.38. The first-order chi connectivity index (χ1) is 9.15. The fraction of sp³-hybridized carbons (Fsp3) is 0.214. The van der Waals surface area contributed by atoms with Gasteiger partial charge >= 0.3 is 0 Å². The molecule has 4 nitrogen and oxygen atoms in total. The molecule has 2 rings (SSSR count). The van der Waals surface area contributed by atoms with Crippen molar-refractivity contribution in [3.63, 3.8) is 0 Å². The minimum Gasteiger partial charge on any atom is -0.496 e. The average molecular weight is 280 g/mol. The van der Waals surface area contributed by atoms with Gasteiger partial charge in [0.2, 0.25) is 0 Å². The van der Waals surface area contributed by atoms with Crippen molar-refractivity contribution in [1.29, 1.82) is 0 Å². The second-order valence-electron chi connectivity index (χ2n) is 3.95. The lowest BCUT2D eigenvalue weighted by Gasteiger charge is -2.15. The SMILES string of the molecule is COc1cncc(C(O)c2cc(Cl)ccc2OC)c1. The van der Waals surface area contributed by atoms with Crippen molar-refractivity contribution in [1.82, 2.24) is 4.98 Å². The number of pyridine rings is 1. The van der Waals surface area contributed by atoms with Gasteiger partial charge in [-0.25, -0.2) is 0 Å². The van der Waals surface area contributed by atoms with E-state index in [1.54, 1.807) is 50.9 Å². The van der Waals surface area contributed by atoms with Gasteiger partial charge in [0, 0.05) is 22.3 Å². The first kappa shape index (κ1) is 13.6. The number of aliphatic hydroxyl groups excluding tert-OH is 1. The summed E-state index contributed by atoms with van der Waals surface area (Å²) in [5, 5.41) is 10.9. The highest BCUT2D eigenvalue weighted by Crippen LogP contribution is 2.32. The predicted octanol–water partition coefficient (Wildman–Crippen LogP) is 2.83. The maximum absolute atomic E-state index is 10.4. The van der Waals surface area contributed by atoms with E-state index in [1.165, 1.54) is 0 Å². The van der Waals surface area contributed by atoms with Gasteiger partial charge in [-0.2, -0.15) is 0 Å². The molecule has 0 spiro atoms. The highest BCUT2D eigenvalue weighted by atomic mass is 35.5. The van der Waals surface area contributed by atoms with Crippen LogP contribution in [-0.2, 0) is 0 Å². The Labute approximate surface area is 116 Å². The standard InChI is InChI=1S/C14H14ClNO3/c1-18-11-5-9(7-16-8-11)14(17)12-6-10(15)3-4-13(12)19-2/h3-8,14,17H,1-2H3. The molecule has 0 aliphatic carbocycles. The van der Waals surface area contributed by atoms with Crippen molar-refractivity contribution < 1.29 is 14.6 Å². The number of nitrogens with zero attached hydrogens (tertiary/aromatic N) is 1. The number of hydrogen-bond acceptors (Lipinski definition) is 4. The molecule has 1 N–H and O–H groups in total. The van der Waals surface area contributed by atoms with Crippen LogP contribution >= 0.6 is 11.6 Å². The maximum Gasteiger partial charge on any atom is 0.137 e. The molecule has 0 saturated carbocycles. The molecule has 1 heterocycles. The smallest absolute Gasteiger partial charge is 0.137 e. The van der Waals surface area contributed by atoms with Crippen molar-refractivity contribution in [3.8, 4) is 11.5 Å². The zero-order valence-electron chi connectivity index (χ0n) is 10.6. The van der Waals surface area contributed by atoms with Crippen LogP contribution in [0.1, 0.15) is 17.2 Å². The molecule has 0 radical (unpaired) electrons. The minimum atomic E-state index is -0.878. The molecule has 0 bridgehead atoms. The third kappa shape index (κ3) is 2.97. The number of rotatable bonds is 4. The van der Waals surface area contributed by atoms with Gasteiger partial charge in [-0.1, -0.05) is 11.6 Å². The van der Waals surface area contributed by atoms with Crippen LogP contribution < -0.4 is 9.47 Å². The Hall–Kier alpha value is -1.78. The van der Waals surface area contributed by atoms with E-state index in [2.05, 4.69) is 4.98 Å². The molecule has 5 heteroatoms. The van der Waals surface area contributed by atoms with E-state index in [9.17, 15) is 5.11 Å². The minimum absolute atomic E-state index is 0.533. The largest absolute Gasteiger partial charge is 0.496 e. The Morgan fingerprint density at radius 1 is 1.16 bits per heavy atom. The average Bonchev–Trinajstić information content (AvgIpc) is 2.46. The second kappa shape index (κ2) is 5.91. The van der Waals surface area contributed by atoms with Crippen LogP contribution in [0.5, 0.6) is 11.5 Å². The monoisotopic (exact) mass is 279 g/mol. The number of aromatic nitrogens is 1. The molecule has 0 aliphatic rings. The Morgan fingerprint density at radius 2 is 1.95 bits per heavy atom. The molecule has 0 saturated heterocycles. The Balaban J connectivity index is 2.42. The molecule has 1 aromatic carbocycles. The lowest BCUT2D eigenvalue weighted by molar-refractivity contribution is 0.213.